The van der Waals surface area contributed by atoms with Crippen LogP contribution in [-0.4, -0.2) is 9.89 Å². The van der Waals surface area contributed by atoms with Crippen LogP contribution in [0.15, 0.2) is 12.1 Å². The van der Waals surface area contributed by atoms with E-state index >= 15 is 0 Å². The second-order valence-electron chi connectivity index (χ2n) is 3.03. The largest absolute Gasteiger partial charge is 0.397 e. The molecule has 5 heteroatoms. The number of benzene rings is 1. The number of nitrogens with two attached hydrogens (primary N) is 3. The number of aryl methyl sites for hydroxylation is 1. The van der Waals surface area contributed by atoms with Crippen LogP contribution >= 0.6 is 0 Å². The summed E-state index contributed by atoms with van der Waals surface area (Å²) in [6.45, 7) is 1.88. The van der Waals surface area contributed by atoms with Crippen molar-refractivity contribution in [1.29, 1.82) is 0 Å². The highest BCUT2D eigenvalue weighted by Gasteiger charge is 2.07. The minimum Gasteiger partial charge on any atom is -0.397 e. The molecule has 2 aromatic rings. The van der Waals surface area contributed by atoms with E-state index in [4.69, 9.17) is 17.3 Å². The van der Waals surface area contributed by atoms with Gasteiger partial charge in [-0.15, -0.1) is 0 Å². The number of fused-ring (bicyclic) bond motifs is 1. The second-order valence-corrected chi connectivity index (χ2v) is 3.03. The summed E-state index contributed by atoms with van der Waals surface area (Å²) in [6, 6.07) is 3.51. The molecule has 2 rings (SSSR count). The number of rotatable bonds is 0. The third-order valence-corrected chi connectivity index (χ3v) is 2.10. The Morgan fingerprint density at radius 3 is 2.54 bits per heavy atom. The first kappa shape index (κ1) is 7.72. The van der Waals surface area contributed by atoms with Gasteiger partial charge in [0.15, 0.2) is 0 Å². The number of aromatic nitrogens is 2. The van der Waals surface area contributed by atoms with Gasteiger partial charge in [-0.1, -0.05) is 0 Å². The molecule has 0 aliphatic carbocycles. The van der Waals surface area contributed by atoms with Gasteiger partial charge in [0.05, 0.1) is 22.6 Å². The van der Waals surface area contributed by atoms with Gasteiger partial charge >= 0.3 is 0 Å². The summed E-state index contributed by atoms with van der Waals surface area (Å²) in [5, 5.41) is 4.99. The lowest BCUT2D eigenvalue weighted by Crippen LogP contribution is -2.09. The predicted molar refractivity (Wildman–Crippen MR) is 53.4 cm³/mol. The van der Waals surface area contributed by atoms with Crippen LogP contribution in [0.5, 0.6) is 0 Å². The van der Waals surface area contributed by atoms with Crippen LogP contribution in [-0.2, 0) is 0 Å². The van der Waals surface area contributed by atoms with Gasteiger partial charge in [-0.2, -0.15) is 9.89 Å². The fourth-order valence-corrected chi connectivity index (χ4v) is 1.37. The van der Waals surface area contributed by atoms with E-state index in [0.717, 1.165) is 16.6 Å². The lowest BCUT2D eigenvalue weighted by atomic mass is 10.2. The Labute approximate surface area is 75.1 Å². The minimum atomic E-state index is 0.527. The molecular formula is C8H11N5. The Kier molecular flexibility index (Phi) is 1.36. The number of nitrogens with zero attached hydrogens (tertiary/aromatic N) is 2. The highest BCUT2D eigenvalue weighted by molar-refractivity contribution is 5.90. The van der Waals surface area contributed by atoms with Crippen LogP contribution in [0.3, 0.4) is 0 Å². The maximum atomic E-state index is 5.66. The number of nitrogen functional groups attached to an aromatic ring is 3. The molecule has 0 aliphatic heterocycles. The van der Waals surface area contributed by atoms with Gasteiger partial charge in [0, 0.05) is 5.39 Å². The second kappa shape index (κ2) is 2.29. The van der Waals surface area contributed by atoms with E-state index in [9.17, 15) is 0 Å². The Morgan fingerprint density at radius 1 is 1.23 bits per heavy atom. The van der Waals surface area contributed by atoms with Crippen LogP contribution in [0.1, 0.15) is 5.69 Å². The smallest absolute Gasteiger partial charge is 0.0940 e. The van der Waals surface area contributed by atoms with Crippen LogP contribution in [0.25, 0.3) is 10.9 Å². The van der Waals surface area contributed by atoms with Gasteiger partial charge in [-0.25, -0.2) is 0 Å². The number of hydrogen-bond acceptors (Lipinski definition) is 4. The quantitative estimate of drug-likeness (QED) is 0.396. The fraction of sp³-hybridized carbons (Fsp3) is 0.125. The van der Waals surface area contributed by atoms with Crippen molar-refractivity contribution in [3.05, 3.63) is 17.8 Å². The molecule has 0 atom stereocenters. The lowest BCUT2D eigenvalue weighted by molar-refractivity contribution is 0.844. The van der Waals surface area contributed by atoms with E-state index in [0.29, 0.717) is 11.4 Å². The van der Waals surface area contributed by atoms with Crippen molar-refractivity contribution in [1.82, 2.24) is 9.89 Å². The van der Waals surface area contributed by atoms with Gasteiger partial charge < -0.3 is 17.3 Å². The third-order valence-electron chi connectivity index (χ3n) is 2.10. The first-order valence-electron chi connectivity index (χ1n) is 3.89. The van der Waals surface area contributed by atoms with E-state index in [1.54, 1.807) is 12.1 Å². The molecule has 1 heterocycles. The average Bonchev–Trinajstić information content (AvgIpc) is 2.31. The predicted octanol–water partition coefficient (Wildman–Crippen LogP) is 0.223. The lowest BCUT2D eigenvalue weighted by Gasteiger charge is -2.00. The van der Waals surface area contributed by atoms with Gasteiger partial charge in [-0.05, 0) is 19.1 Å². The summed E-state index contributed by atoms with van der Waals surface area (Å²) in [5.41, 5.74) is 14.0. The minimum absolute atomic E-state index is 0.527. The summed E-state index contributed by atoms with van der Waals surface area (Å²) < 4.78 is 0. The molecule has 0 unspecified atom stereocenters. The van der Waals surface area contributed by atoms with Crippen molar-refractivity contribution in [3.63, 3.8) is 0 Å². The Balaban J connectivity index is 2.91. The molecule has 0 saturated heterocycles. The molecule has 0 bridgehead atoms. The molecule has 0 radical (unpaired) electrons. The van der Waals surface area contributed by atoms with Crippen molar-refractivity contribution in [2.24, 2.45) is 0 Å². The maximum absolute atomic E-state index is 5.66. The molecule has 0 saturated carbocycles. The molecule has 0 fully saturated rings. The zero-order valence-corrected chi connectivity index (χ0v) is 7.28. The number of anilines is 2. The molecular weight excluding hydrogens is 166 g/mol. The fourth-order valence-electron chi connectivity index (χ4n) is 1.37. The molecule has 6 N–H and O–H groups in total. The van der Waals surface area contributed by atoms with Crippen molar-refractivity contribution in [2.75, 3.05) is 17.3 Å². The first-order chi connectivity index (χ1) is 6.09. The molecule has 5 nitrogen and oxygen atoms in total. The maximum Gasteiger partial charge on any atom is 0.0940 e. The van der Waals surface area contributed by atoms with Crippen LogP contribution in [0.4, 0.5) is 11.4 Å². The van der Waals surface area contributed by atoms with Crippen LogP contribution in [0.2, 0.25) is 0 Å². The SMILES string of the molecule is Cc1nn(N)c2cc(N)c(N)cc12. The van der Waals surface area contributed by atoms with Gasteiger partial charge in [0.25, 0.3) is 0 Å². The average molecular weight is 177 g/mol. The van der Waals surface area contributed by atoms with Crippen molar-refractivity contribution >= 4 is 22.3 Å². The monoisotopic (exact) mass is 177 g/mol. The standard InChI is InChI=1S/C8H11N5/c1-4-5-2-6(9)7(10)3-8(5)13(11)12-4/h2-3H,9-11H2,1H3. The summed E-state index contributed by atoms with van der Waals surface area (Å²) in [6.07, 6.45) is 0. The molecule has 0 spiro atoms. The van der Waals surface area contributed by atoms with Crippen molar-refractivity contribution in [2.45, 2.75) is 6.92 Å². The van der Waals surface area contributed by atoms with Crippen LogP contribution < -0.4 is 17.3 Å². The summed E-state index contributed by atoms with van der Waals surface area (Å²) >= 11 is 0. The van der Waals surface area contributed by atoms with Crippen molar-refractivity contribution < 1.29 is 0 Å². The van der Waals surface area contributed by atoms with Gasteiger partial charge in [0.2, 0.25) is 0 Å². The van der Waals surface area contributed by atoms with Crippen LogP contribution in [0, 0.1) is 6.92 Å². The third kappa shape index (κ3) is 0.970. The topological polar surface area (TPSA) is 95.9 Å². The highest BCUT2D eigenvalue weighted by Crippen LogP contribution is 2.24. The van der Waals surface area contributed by atoms with Gasteiger partial charge in [0.1, 0.15) is 0 Å². The molecule has 1 aromatic carbocycles. The molecule has 68 valence electrons. The van der Waals surface area contributed by atoms with E-state index in [2.05, 4.69) is 5.10 Å². The zero-order chi connectivity index (χ0) is 9.59. The highest BCUT2D eigenvalue weighted by atomic mass is 15.5. The van der Waals surface area contributed by atoms with E-state index in [1.165, 1.54) is 4.79 Å². The van der Waals surface area contributed by atoms with E-state index < -0.39 is 0 Å². The Bertz CT molecular complexity index is 429. The number of hydrogen-bond donors (Lipinski definition) is 3. The van der Waals surface area contributed by atoms with E-state index in [1.807, 2.05) is 6.92 Å². The van der Waals surface area contributed by atoms with E-state index in [-0.39, 0.29) is 0 Å². The molecule has 1 aromatic heterocycles. The molecule has 13 heavy (non-hydrogen) atoms. The normalized spacial score (nSPS) is 10.8. The Morgan fingerprint density at radius 2 is 1.85 bits per heavy atom. The Hall–Kier alpha value is -1.91. The molecule has 0 amide bonds. The zero-order valence-electron chi connectivity index (χ0n) is 7.28. The summed E-state index contributed by atoms with van der Waals surface area (Å²) in [5.74, 6) is 5.61. The summed E-state index contributed by atoms with van der Waals surface area (Å²) in [4.78, 5) is 1.31. The van der Waals surface area contributed by atoms with Gasteiger partial charge in [-0.3, -0.25) is 0 Å². The first-order valence-corrected chi connectivity index (χ1v) is 3.89. The van der Waals surface area contributed by atoms with Crippen molar-refractivity contribution in [3.8, 4) is 0 Å². The molecule has 0 aliphatic rings. The summed E-state index contributed by atoms with van der Waals surface area (Å²) in [7, 11) is 0.